The Balaban J connectivity index is 1.52. The monoisotopic (exact) mass is 446 g/mol. The number of aliphatic hydroxyl groups excluding tert-OH is 1. The predicted molar refractivity (Wildman–Crippen MR) is 121 cm³/mol. The van der Waals surface area contributed by atoms with E-state index in [-0.39, 0.29) is 52.0 Å². The molecule has 5 aliphatic rings. The number of carbonyl (C=O) groups is 2. The van der Waals surface area contributed by atoms with E-state index in [2.05, 4.69) is 27.7 Å². The fourth-order valence-corrected chi connectivity index (χ4v) is 10.00. The van der Waals surface area contributed by atoms with E-state index in [0.29, 0.717) is 18.3 Å². The van der Waals surface area contributed by atoms with E-state index < -0.39 is 11.7 Å². The number of ketones is 1. The van der Waals surface area contributed by atoms with Crippen LogP contribution in [0.1, 0.15) is 92.9 Å². The van der Waals surface area contributed by atoms with Crippen LogP contribution >= 0.6 is 0 Å². The zero-order valence-corrected chi connectivity index (χ0v) is 20.8. The van der Waals surface area contributed by atoms with Crippen LogP contribution in [0.25, 0.3) is 0 Å². The van der Waals surface area contributed by atoms with Gasteiger partial charge in [0.2, 0.25) is 0 Å². The Bertz CT molecular complexity index is 821. The Morgan fingerprint density at radius 1 is 1.16 bits per heavy atom. The van der Waals surface area contributed by atoms with Crippen molar-refractivity contribution in [2.45, 2.75) is 117 Å². The van der Waals surface area contributed by atoms with Crippen molar-refractivity contribution in [3.63, 3.8) is 0 Å². The Labute approximate surface area is 193 Å². The molecule has 0 aromatic heterocycles. The summed E-state index contributed by atoms with van der Waals surface area (Å²) in [5.41, 5.74) is -0.210. The number of hydrogen-bond donors (Lipinski definition) is 1. The van der Waals surface area contributed by atoms with Crippen LogP contribution in [0.4, 0.5) is 0 Å². The molecule has 2 bridgehead atoms. The molecule has 1 aliphatic heterocycles. The first-order chi connectivity index (χ1) is 14.8. The molecule has 0 aromatic rings. The van der Waals surface area contributed by atoms with Gasteiger partial charge in [-0.3, -0.25) is 9.59 Å². The summed E-state index contributed by atoms with van der Waals surface area (Å²) in [7, 11) is 0. The topological polar surface area (TPSA) is 72.8 Å². The average Bonchev–Trinajstić information content (AvgIpc) is 2.84. The van der Waals surface area contributed by atoms with Crippen molar-refractivity contribution in [1.82, 2.24) is 0 Å². The van der Waals surface area contributed by atoms with Gasteiger partial charge in [0, 0.05) is 31.1 Å². The summed E-state index contributed by atoms with van der Waals surface area (Å²) in [5.74, 6) is 0.606. The van der Waals surface area contributed by atoms with Crippen LogP contribution in [0.15, 0.2) is 0 Å². The fourth-order valence-electron chi connectivity index (χ4n) is 10.00. The Kier molecular flexibility index (Phi) is 5.02. The van der Waals surface area contributed by atoms with Crippen LogP contribution in [-0.2, 0) is 19.1 Å². The van der Waals surface area contributed by atoms with Crippen molar-refractivity contribution in [2.24, 2.45) is 39.9 Å². The first-order valence-electron chi connectivity index (χ1n) is 12.9. The summed E-state index contributed by atoms with van der Waals surface area (Å²) >= 11 is 0. The molecule has 4 saturated carbocycles. The summed E-state index contributed by atoms with van der Waals surface area (Å²) in [6.45, 7) is 13.0. The molecular formula is C27H42O5. The number of ether oxygens (including phenoxy) is 2. The van der Waals surface area contributed by atoms with Gasteiger partial charge in [0.25, 0.3) is 0 Å². The van der Waals surface area contributed by atoms with Crippen molar-refractivity contribution in [3.8, 4) is 0 Å². The van der Waals surface area contributed by atoms with Gasteiger partial charge in [-0.2, -0.15) is 0 Å². The number of rotatable bonds is 1. The Morgan fingerprint density at radius 3 is 2.56 bits per heavy atom. The minimum atomic E-state index is -0.548. The minimum absolute atomic E-state index is 0.0411. The van der Waals surface area contributed by atoms with E-state index in [4.69, 9.17) is 9.47 Å². The summed E-state index contributed by atoms with van der Waals surface area (Å²) in [6, 6.07) is 0. The van der Waals surface area contributed by atoms with Crippen LogP contribution in [0.3, 0.4) is 0 Å². The molecule has 0 radical (unpaired) electrons. The maximum atomic E-state index is 12.6. The lowest BCUT2D eigenvalue weighted by Crippen LogP contribution is -2.64. The molecule has 0 amide bonds. The van der Waals surface area contributed by atoms with Crippen LogP contribution in [0.2, 0.25) is 0 Å². The number of carbonyl (C=O) groups excluding carboxylic acids is 2. The lowest BCUT2D eigenvalue weighted by Gasteiger charge is -2.67. The number of aliphatic hydroxyl groups is 1. The molecule has 5 rings (SSSR count). The highest BCUT2D eigenvalue weighted by Crippen LogP contribution is 2.70. The summed E-state index contributed by atoms with van der Waals surface area (Å²) in [4.78, 5) is 24.8. The maximum absolute atomic E-state index is 12.6. The van der Waals surface area contributed by atoms with Gasteiger partial charge in [-0.05, 0) is 60.7 Å². The molecule has 10 atom stereocenters. The van der Waals surface area contributed by atoms with Gasteiger partial charge in [-0.15, -0.1) is 0 Å². The lowest BCUT2D eigenvalue weighted by atomic mass is 9.39. The molecule has 5 unspecified atom stereocenters. The third kappa shape index (κ3) is 3.02. The highest BCUT2D eigenvalue weighted by Gasteiger charge is 2.69. The zero-order chi connectivity index (χ0) is 23.3. The molecule has 5 fully saturated rings. The normalized spacial score (nSPS) is 54.1. The minimum Gasteiger partial charge on any atom is -0.462 e. The second-order valence-corrected chi connectivity index (χ2v) is 13.3. The first-order valence-corrected chi connectivity index (χ1v) is 12.9. The number of fused-ring (bicyclic) bond motifs is 6. The third-order valence-corrected chi connectivity index (χ3v) is 10.9. The van der Waals surface area contributed by atoms with E-state index in [0.717, 1.165) is 25.7 Å². The van der Waals surface area contributed by atoms with Crippen molar-refractivity contribution < 1.29 is 24.2 Å². The largest absolute Gasteiger partial charge is 0.462 e. The quantitative estimate of drug-likeness (QED) is 0.592. The SMILES string of the molecule is CC(=O)O[C@@H]1C[C@@]2(C)C[C@@]3(CCC2[C@@]2(C)CCCC(C)(C)C12)OC1C(O)C3CC(=O)[C@H]1C. The van der Waals surface area contributed by atoms with Crippen LogP contribution in [-0.4, -0.2) is 40.8 Å². The molecular weight excluding hydrogens is 404 g/mol. The van der Waals surface area contributed by atoms with Gasteiger partial charge in [0.15, 0.2) is 0 Å². The molecule has 5 nitrogen and oxygen atoms in total. The Morgan fingerprint density at radius 2 is 1.88 bits per heavy atom. The molecule has 0 aromatic carbocycles. The van der Waals surface area contributed by atoms with Gasteiger partial charge in [0.1, 0.15) is 11.9 Å². The Hall–Kier alpha value is -0.940. The van der Waals surface area contributed by atoms with Gasteiger partial charge in [-0.1, -0.05) is 41.0 Å². The molecule has 1 spiro atoms. The van der Waals surface area contributed by atoms with E-state index >= 15 is 0 Å². The molecule has 32 heavy (non-hydrogen) atoms. The second kappa shape index (κ2) is 7.04. The second-order valence-electron chi connectivity index (χ2n) is 13.3. The predicted octanol–water partition coefficient (Wildman–Crippen LogP) is 4.68. The van der Waals surface area contributed by atoms with Crippen LogP contribution in [0.5, 0.6) is 0 Å². The summed E-state index contributed by atoms with van der Waals surface area (Å²) in [6.07, 6.45) is 6.68. The molecule has 1 N–H and O–H groups in total. The maximum Gasteiger partial charge on any atom is 0.302 e. The van der Waals surface area contributed by atoms with Crippen molar-refractivity contribution in [1.29, 1.82) is 0 Å². The first kappa shape index (κ1) is 22.8. The van der Waals surface area contributed by atoms with E-state index in [1.165, 1.54) is 26.2 Å². The highest BCUT2D eigenvalue weighted by molar-refractivity contribution is 5.83. The van der Waals surface area contributed by atoms with E-state index in [9.17, 15) is 14.7 Å². The summed E-state index contributed by atoms with van der Waals surface area (Å²) < 4.78 is 12.8. The number of Topliss-reactive ketones (excluding diaryl/α,β-unsaturated/α-hetero) is 1. The molecule has 4 aliphatic carbocycles. The summed E-state index contributed by atoms with van der Waals surface area (Å²) in [5, 5.41) is 11.0. The van der Waals surface area contributed by atoms with Gasteiger partial charge < -0.3 is 14.6 Å². The average molecular weight is 447 g/mol. The van der Waals surface area contributed by atoms with Gasteiger partial charge in [0.05, 0.1) is 17.8 Å². The smallest absolute Gasteiger partial charge is 0.302 e. The number of hydrogen-bond acceptors (Lipinski definition) is 5. The standard InChI is InChI=1S/C27H42O5/c1-15-18(29)12-17-21(30)22(15)32-27(17)11-8-20-25(5,14-27)13-19(31-16(2)28)23-24(3,4)9-7-10-26(20,23)6/h15,17,19-23,30H,7-14H2,1-6H3/t15-,17?,19-,20?,21?,22?,23?,25+,26-,27-/m1/s1. The van der Waals surface area contributed by atoms with E-state index in [1.807, 2.05) is 6.92 Å². The molecule has 1 heterocycles. The lowest BCUT2D eigenvalue weighted by molar-refractivity contribution is -0.234. The molecule has 180 valence electrons. The fraction of sp³-hybridized carbons (Fsp3) is 0.926. The van der Waals surface area contributed by atoms with Crippen LogP contribution in [0, 0.1) is 39.9 Å². The van der Waals surface area contributed by atoms with Gasteiger partial charge in [-0.25, -0.2) is 0 Å². The van der Waals surface area contributed by atoms with Crippen molar-refractivity contribution >= 4 is 11.8 Å². The van der Waals surface area contributed by atoms with Crippen LogP contribution < -0.4 is 0 Å². The van der Waals surface area contributed by atoms with Crippen molar-refractivity contribution in [3.05, 3.63) is 0 Å². The zero-order valence-electron chi connectivity index (χ0n) is 20.8. The third-order valence-electron chi connectivity index (χ3n) is 10.9. The van der Waals surface area contributed by atoms with Gasteiger partial charge >= 0.3 is 5.97 Å². The highest BCUT2D eigenvalue weighted by atomic mass is 16.5. The molecule has 5 heteroatoms. The van der Waals surface area contributed by atoms with E-state index in [1.54, 1.807) is 0 Å². The number of esters is 1. The van der Waals surface area contributed by atoms with Crippen molar-refractivity contribution in [2.75, 3.05) is 0 Å². The molecule has 1 saturated heterocycles.